The molecule has 0 unspecified atom stereocenters. The first-order valence-corrected chi connectivity index (χ1v) is 8.59. The normalized spacial score (nSPS) is 17.9. The predicted octanol–water partition coefficient (Wildman–Crippen LogP) is 1.91. The standard InChI is InChI=1S/C17H23N3O5/c21-16(12-20-7-2-1-3-10-25-20)19-17(22)18-13-5-6-14-15(11-13)24-9-4-8-23-14/h5-6,11H,1-4,7-10,12H2,(H2,18,19,21,22). The van der Waals surface area contributed by atoms with Crippen LogP contribution in [0.3, 0.4) is 0 Å². The Bertz CT molecular complexity index is 614. The molecular formula is C17H23N3O5. The van der Waals surface area contributed by atoms with Crippen molar-refractivity contribution in [1.29, 1.82) is 0 Å². The molecule has 0 bridgehead atoms. The second kappa shape index (κ2) is 8.68. The number of urea groups is 1. The van der Waals surface area contributed by atoms with Gasteiger partial charge in [0.25, 0.3) is 0 Å². The second-order valence-electron chi connectivity index (χ2n) is 5.97. The van der Waals surface area contributed by atoms with Gasteiger partial charge in [0.2, 0.25) is 5.91 Å². The zero-order valence-electron chi connectivity index (χ0n) is 14.1. The molecular weight excluding hydrogens is 326 g/mol. The van der Waals surface area contributed by atoms with Crippen LogP contribution in [0.2, 0.25) is 0 Å². The predicted molar refractivity (Wildman–Crippen MR) is 90.6 cm³/mol. The van der Waals surface area contributed by atoms with Crippen molar-refractivity contribution in [1.82, 2.24) is 10.4 Å². The van der Waals surface area contributed by atoms with Crippen LogP contribution in [-0.2, 0) is 9.63 Å². The molecule has 1 aromatic carbocycles. The molecule has 0 spiro atoms. The number of nitrogens with zero attached hydrogens (tertiary/aromatic N) is 1. The molecule has 3 amide bonds. The third-order valence-corrected chi connectivity index (χ3v) is 3.90. The summed E-state index contributed by atoms with van der Waals surface area (Å²) < 4.78 is 11.1. The molecule has 2 heterocycles. The largest absolute Gasteiger partial charge is 0.490 e. The Kier molecular flexibility index (Phi) is 6.08. The molecule has 3 rings (SSSR count). The quantitative estimate of drug-likeness (QED) is 0.867. The number of benzene rings is 1. The van der Waals surface area contributed by atoms with E-state index in [-0.39, 0.29) is 6.54 Å². The number of ether oxygens (including phenoxy) is 2. The molecule has 25 heavy (non-hydrogen) atoms. The second-order valence-corrected chi connectivity index (χ2v) is 5.97. The minimum Gasteiger partial charge on any atom is -0.490 e. The van der Waals surface area contributed by atoms with Gasteiger partial charge in [0.05, 0.1) is 19.8 Å². The topological polar surface area (TPSA) is 89.1 Å². The highest BCUT2D eigenvalue weighted by molar-refractivity contribution is 6.01. The van der Waals surface area contributed by atoms with Crippen LogP contribution in [-0.4, -0.2) is 49.9 Å². The Labute approximate surface area is 146 Å². The molecule has 2 aliphatic heterocycles. The third kappa shape index (κ3) is 5.33. The Morgan fingerprint density at radius 1 is 1.00 bits per heavy atom. The average molecular weight is 349 g/mol. The van der Waals surface area contributed by atoms with Crippen molar-refractivity contribution in [3.8, 4) is 11.5 Å². The number of hydrogen-bond acceptors (Lipinski definition) is 6. The molecule has 0 saturated carbocycles. The fourth-order valence-electron chi connectivity index (χ4n) is 2.68. The number of hydroxylamine groups is 2. The molecule has 1 saturated heterocycles. The number of imide groups is 1. The fraction of sp³-hybridized carbons (Fsp3) is 0.529. The van der Waals surface area contributed by atoms with Crippen molar-refractivity contribution in [2.45, 2.75) is 25.7 Å². The first-order valence-electron chi connectivity index (χ1n) is 8.59. The molecule has 136 valence electrons. The highest BCUT2D eigenvalue weighted by Crippen LogP contribution is 2.32. The van der Waals surface area contributed by atoms with E-state index in [2.05, 4.69) is 10.6 Å². The highest BCUT2D eigenvalue weighted by atomic mass is 16.7. The Morgan fingerprint density at radius 3 is 2.72 bits per heavy atom. The molecule has 2 aliphatic rings. The van der Waals surface area contributed by atoms with Gasteiger partial charge in [-0.25, -0.2) is 4.79 Å². The van der Waals surface area contributed by atoms with Crippen molar-refractivity contribution >= 4 is 17.6 Å². The van der Waals surface area contributed by atoms with E-state index >= 15 is 0 Å². The third-order valence-electron chi connectivity index (χ3n) is 3.90. The number of nitrogens with one attached hydrogen (secondary N) is 2. The maximum atomic E-state index is 12.0. The molecule has 1 aromatic rings. The van der Waals surface area contributed by atoms with Gasteiger partial charge < -0.3 is 14.8 Å². The summed E-state index contributed by atoms with van der Waals surface area (Å²) in [5.74, 6) is 0.825. The molecule has 0 atom stereocenters. The lowest BCUT2D eigenvalue weighted by atomic mass is 10.2. The van der Waals surface area contributed by atoms with Crippen molar-refractivity contribution in [2.75, 3.05) is 38.2 Å². The van der Waals surface area contributed by atoms with Crippen LogP contribution in [0.15, 0.2) is 18.2 Å². The molecule has 2 N–H and O–H groups in total. The summed E-state index contributed by atoms with van der Waals surface area (Å²) >= 11 is 0. The van der Waals surface area contributed by atoms with Gasteiger partial charge in [-0.1, -0.05) is 0 Å². The van der Waals surface area contributed by atoms with Crippen LogP contribution >= 0.6 is 0 Å². The number of amides is 3. The lowest BCUT2D eigenvalue weighted by Crippen LogP contribution is -2.41. The number of rotatable bonds is 3. The fourth-order valence-corrected chi connectivity index (χ4v) is 2.68. The van der Waals surface area contributed by atoms with E-state index in [1.54, 1.807) is 23.3 Å². The zero-order chi connectivity index (χ0) is 17.5. The summed E-state index contributed by atoms with van der Waals surface area (Å²) in [4.78, 5) is 29.4. The minimum atomic E-state index is -0.589. The van der Waals surface area contributed by atoms with Crippen LogP contribution in [0, 0.1) is 0 Å². The van der Waals surface area contributed by atoms with Gasteiger partial charge in [-0.3, -0.25) is 14.9 Å². The average Bonchev–Trinajstić information content (AvgIpc) is 2.96. The van der Waals surface area contributed by atoms with Crippen LogP contribution in [0.1, 0.15) is 25.7 Å². The van der Waals surface area contributed by atoms with Crippen molar-refractivity contribution in [3.63, 3.8) is 0 Å². The van der Waals surface area contributed by atoms with Crippen molar-refractivity contribution in [3.05, 3.63) is 18.2 Å². The van der Waals surface area contributed by atoms with Crippen molar-refractivity contribution < 1.29 is 23.9 Å². The van der Waals surface area contributed by atoms with E-state index in [0.717, 1.165) is 25.7 Å². The number of carbonyl (C=O) groups excluding carboxylic acids is 2. The molecule has 8 heteroatoms. The Hall–Kier alpha value is -2.32. The van der Waals surface area contributed by atoms with Crippen molar-refractivity contribution in [2.24, 2.45) is 0 Å². The summed E-state index contributed by atoms with van der Waals surface area (Å²) in [5.41, 5.74) is 0.528. The van der Waals surface area contributed by atoms with Gasteiger partial charge in [0.1, 0.15) is 6.54 Å². The minimum absolute atomic E-state index is 0.0363. The van der Waals surface area contributed by atoms with E-state index in [1.165, 1.54) is 0 Å². The first-order chi connectivity index (χ1) is 12.2. The molecule has 1 fully saturated rings. The van der Waals surface area contributed by atoms with E-state index < -0.39 is 11.9 Å². The van der Waals surface area contributed by atoms with Gasteiger partial charge in [0, 0.05) is 24.7 Å². The van der Waals surface area contributed by atoms with Gasteiger partial charge in [-0.05, 0) is 31.4 Å². The van der Waals surface area contributed by atoms with E-state index in [4.69, 9.17) is 14.3 Å². The van der Waals surface area contributed by atoms with Crippen LogP contribution in [0.25, 0.3) is 0 Å². The van der Waals surface area contributed by atoms with Gasteiger partial charge >= 0.3 is 6.03 Å². The van der Waals surface area contributed by atoms with Crippen LogP contribution in [0.4, 0.5) is 10.5 Å². The summed E-state index contributed by atoms with van der Waals surface area (Å²) in [6.07, 6.45) is 3.87. The number of hydrogen-bond donors (Lipinski definition) is 2. The van der Waals surface area contributed by atoms with Gasteiger partial charge in [-0.2, -0.15) is 5.06 Å². The van der Waals surface area contributed by atoms with Gasteiger partial charge in [-0.15, -0.1) is 0 Å². The van der Waals surface area contributed by atoms with E-state index in [0.29, 0.717) is 43.6 Å². The van der Waals surface area contributed by atoms with Crippen LogP contribution < -0.4 is 20.1 Å². The van der Waals surface area contributed by atoms with Crippen LogP contribution in [0.5, 0.6) is 11.5 Å². The first kappa shape index (κ1) is 17.5. The molecule has 0 aromatic heterocycles. The van der Waals surface area contributed by atoms with E-state index in [1.807, 2.05) is 0 Å². The number of carbonyl (C=O) groups is 2. The Morgan fingerprint density at radius 2 is 1.84 bits per heavy atom. The maximum Gasteiger partial charge on any atom is 0.325 e. The smallest absolute Gasteiger partial charge is 0.325 e. The lowest BCUT2D eigenvalue weighted by molar-refractivity contribution is -0.161. The SMILES string of the molecule is O=C(CN1CCCCCO1)NC(=O)Nc1ccc2c(c1)OCCCO2. The monoisotopic (exact) mass is 349 g/mol. The summed E-state index contributed by atoms with van der Waals surface area (Å²) in [7, 11) is 0. The summed E-state index contributed by atoms with van der Waals surface area (Å²) in [5, 5.41) is 6.53. The molecule has 0 aliphatic carbocycles. The zero-order valence-corrected chi connectivity index (χ0v) is 14.1. The molecule has 0 radical (unpaired) electrons. The summed E-state index contributed by atoms with van der Waals surface area (Å²) in [6, 6.07) is 4.54. The van der Waals surface area contributed by atoms with Gasteiger partial charge in [0.15, 0.2) is 11.5 Å². The highest BCUT2D eigenvalue weighted by Gasteiger charge is 2.16. The maximum absolute atomic E-state index is 12.0. The lowest BCUT2D eigenvalue weighted by Gasteiger charge is -2.18. The number of fused-ring (bicyclic) bond motifs is 1. The molecule has 8 nitrogen and oxygen atoms in total. The number of anilines is 1. The Balaban J connectivity index is 1.50. The summed E-state index contributed by atoms with van der Waals surface area (Å²) in [6.45, 7) is 2.51. The van der Waals surface area contributed by atoms with E-state index in [9.17, 15) is 9.59 Å².